The first-order chi connectivity index (χ1) is 8.99. The summed E-state index contributed by atoms with van der Waals surface area (Å²) in [4.78, 5) is 22.1. The van der Waals surface area contributed by atoms with Gasteiger partial charge in [-0.1, -0.05) is 0 Å². The highest BCUT2D eigenvalue weighted by Gasteiger charge is 2.28. The maximum Gasteiger partial charge on any atom is 0.270 e. The van der Waals surface area contributed by atoms with Crippen LogP contribution < -0.4 is 11.1 Å². The lowest BCUT2D eigenvalue weighted by molar-refractivity contribution is -0.384. The molecule has 0 spiro atoms. The largest absolute Gasteiger partial charge is 0.350 e. The van der Waals surface area contributed by atoms with E-state index in [1.165, 1.54) is 18.2 Å². The van der Waals surface area contributed by atoms with Crippen LogP contribution in [0.25, 0.3) is 0 Å². The zero-order valence-electron chi connectivity index (χ0n) is 10.1. The van der Waals surface area contributed by atoms with Crippen LogP contribution in [0.5, 0.6) is 0 Å². The second kappa shape index (κ2) is 5.66. The van der Waals surface area contributed by atoms with Crippen LogP contribution in [-0.2, 0) is 0 Å². The fraction of sp³-hybridized carbons (Fsp3) is 0.417. The molecule has 0 aromatic heterocycles. The van der Waals surface area contributed by atoms with Crippen molar-refractivity contribution in [1.82, 2.24) is 5.32 Å². The molecule has 1 aliphatic rings. The van der Waals surface area contributed by atoms with Gasteiger partial charge in [0.2, 0.25) is 0 Å². The Bertz CT molecular complexity index is 517. The number of benzene rings is 1. The maximum atomic E-state index is 12.0. The number of nitrogens with zero attached hydrogens (tertiary/aromatic N) is 1. The van der Waals surface area contributed by atoms with Crippen molar-refractivity contribution >= 4 is 27.5 Å². The van der Waals surface area contributed by atoms with E-state index in [0.29, 0.717) is 16.9 Å². The average molecular weight is 328 g/mol. The summed E-state index contributed by atoms with van der Waals surface area (Å²) < 4.78 is 0.524. The van der Waals surface area contributed by atoms with Crippen molar-refractivity contribution in [3.63, 3.8) is 0 Å². The Hall–Kier alpha value is -1.47. The van der Waals surface area contributed by atoms with E-state index in [2.05, 4.69) is 21.2 Å². The summed E-state index contributed by atoms with van der Waals surface area (Å²) in [6.45, 7) is 0.388. The molecular formula is C12H14BrN3O3. The molecule has 1 fully saturated rings. The molecular weight excluding hydrogens is 314 g/mol. The molecule has 1 aliphatic carbocycles. The van der Waals surface area contributed by atoms with Crippen LogP contribution in [0.4, 0.5) is 5.69 Å². The number of nitro benzene ring substituents is 1. The first-order valence-corrected chi connectivity index (χ1v) is 6.76. The number of non-ortho nitro benzene ring substituents is 1. The highest BCUT2D eigenvalue weighted by Crippen LogP contribution is 2.31. The van der Waals surface area contributed by atoms with Gasteiger partial charge in [0.1, 0.15) is 0 Å². The van der Waals surface area contributed by atoms with E-state index in [1.54, 1.807) is 0 Å². The van der Waals surface area contributed by atoms with Gasteiger partial charge in [-0.05, 0) is 40.8 Å². The molecule has 1 aromatic carbocycles. The van der Waals surface area contributed by atoms with E-state index >= 15 is 0 Å². The van der Waals surface area contributed by atoms with Crippen LogP contribution >= 0.6 is 15.9 Å². The van der Waals surface area contributed by atoms with Gasteiger partial charge in [0.15, 0.2) is 0 Å². The zero-order chi connectivity index (χ0) is 14.0. The van der Waals surface area contributed by atoms with Crippen LogP contribution in [0.15, 0.2) is 22.7 Å². The van der Waals surface area contributed by atoms with Crippen molar-refractivity contribution in [2.45, 2.75) is 18.9 Å². The first kappa shape index (κ1) is 14.0. The zero-order valence-corrected chi connectivity index (χ0v) is 11.7. The fourth-order valence-corrected chi connectivity index (χ4v) is 2.22. The van der Waals surface area contributed by atoms with E-state index in [1.807, 2.05) is 0 Å². The Kier molecular flexibility index (Phi) is 4.16. The lowest BCUT2D eigenvalue weighted by Gasteiger charge is -2.12. The van der Waals surface area contributed by atoms with Crippen molar-refractivity contribution in [2.24, 2.45) is 11.7 Å². The summed E-state index contributed by atoms with van der Waals surface area (Å²) in [5, 5.41) is 13.4. The smallest absolute Gasteiger partial charge is 0.270 e. The van der Waals surface area contributed by atoms with Crippen molar-refractivity contribution < 1.29 is 9.72 Å². The van der Waals surface area contributed by atoms with Crippen molar-refractivity contribution in [2.75, 3.05) is 6.54 Å². The average Bonchev–Trinajstić information content (AvgIpc) is 3.20. The molecule has 7 heteroatoms. The predicted octanol–water partition coefficient (Wildman–Crippen LogP) is 1.82. The third kappa shape index (κ3) is 3.51. The number of nitrogens with two attached hydrogens (primary N) is 1. The number of carbonyl (C=O) groups is 1. The number of nitrogens with one attached hydrogen (secondary N) is 1. The van der Waals surface area contributed by atoms with Gasteiger partial charge in [-0.3, -0.25) is 14.9 Å². The Balaban J connectivity index is 2.04. The quantitative estimate of drug-likeness (QED) is 0.636. The summed E-state index contributed by atoms with van der Waals surface area (Å²) in [6, 6.07) is 4.05. The van der Waals surface area contributed by atoms with Crippen molar-refractivity contribution in [3.8, 4) is 0 Å². The minimum absolute atomic E-state index is 0.0403. The number of hydrogen-bond donors (Lipinski definition) is 2. The number of amides is 1. The molecule has 0 bridgehead atoms. The Morgan fingerprint density at radius 2 is 2.26 bits per heavy atom. The van der Waals surface area contributed by atoms with Gasteiger partial charge in [-0.2, -0.15) is 0 Å². The molecule has 6 nitrogen and oxygen atoms in total. The van der Waals surface area contributed by atoms with E-state index in [4.69, 9.17) is 5.73 Å². The lowest BCUT2D eigenvalue weighted by Crippen LogP contribution is -2.38. The molecule has 19 heavy (non-hydrogen) atoms. The number of hydrogen-bond acceptors (Lipinski definition) is 4. The molecule has 1 unspecified atom stereocenters. The SMILES string of the molecule is NC(CNC(=O)c1cc([N+](=O)[O-])ccc1Br)C1CC1. The maximum absolute atomic E-state index is 12.0. The monoisotopic (exact) mass is 327 g/mol. The van der Waals surface area contributed by atoms with Gasteiger partial charge >= 0.3 is 0 Å². The van der Waals surface area contributed by atoms with E-state index in [0.717, 1.165) is 12.8 Å². The summed E-state index contributed by atoms with van der Waals surface area (Å²) in [7, 11) is 0. The first-order valence-electron chi connectivity index (χ1n) is 5.96. The second-order valence-corrected chi connectivity index (χ2v) is 5.49. The van der Waals surface area contributed by atoms with Gasteiger partial charge in [0.25, 0.3) is 11.6 Å². The third-order valence-electron chi connectivity index (χ3n) is 3.13. The van der Waals surface area contributed by atoms with Crippen molar-refractivity contribution in [3.05, 3.63) is 38.3 Å². The lowest BCUT2D eigenvalue weighted by atomic mass is 10.1. The summed E-state index contributed by atoms with van der Waals surface area (Å²) in [6.07, 6.45) is 2.22. The summed E-state index contributed by atoms with van der Waals surface area (Å²) in [5.41, 5.74) is 6.02. The molecule has 1 saturated carbocycles. The molecule has 3 N–H and O–H groups in total. The highest BCUT2D eigenvalue weighted by molar-refractivity contribution is 9.10. The molecule has 0 heterocycles. The molecule has 2 rings (SSSR count). The van der Waals surface area contributed by atoms with Gasteiger partial charge in [0.05, 0.1) is 10.5 Å². The number of carbonyl (C=O) groups excluding carboxylic acids is 1. The second-order valence-electron chi connectivity index (χ2n) is 4.63. The normalized spacial score (nSPS) is 15.9. The predicted molar refractivity (Wildman–Crippen MR) is 73.8 cm³/mol. The van der Waals surface area contributed by atoms with Gasteiger partial charge in [-0.15, -0.1) is 0 Å². The fourth-order valence-electron chi connectivity index (χ4n) is 1.80. The summed E-state index contributed by atoms with van der Waals surface area (Å²) in [5.74, 6) is 0.139. The Morgan fingerprint density at radius 3 is 2.84 bits per heavy atom. The molecule has 0 saturated heterocycles. The molecule has 1 aromatic rings. The van der Waals surface area contributed by atoms with Crippen LogP contribution in [0.3, 0.4) is 0 Å². The number of rotatable bonds is 5. The van der Waals surface area contributed by atoms with Gasteiger partial charge in [0, 0.05) is 29.2 Å². The molecule has 102 valence electrons. The Morgan fingerprint density at radius 1 is 1.58 bits per heavy atom. The van der Waals surface area contributed by atoms with E-state index in [-0.39, 0.29) is 23.2 Å². The number of halogens is 1. The van der Waals surface area contributed by atoms with E-state index in [9.17, 15) is 14.9 Å². The molecule has 0 radical (unpaired) electrons. The highest BCUT2D eigenvalue weighted by atomic mass is 79.9. The van der Waals surface area contributed by atoms with Crippen LogP contribution in [-0.4, -0.2) is 23.4 Å². The van der Waals surface area contributed by atoms with Gasteiger partial charge < -0.3 is 11.1 Å². The Labute approximate surface area is 118 Å². The van der Waals surface area contributed by atoms with Crippen molar-refractivity contribution in [1.29, 1.82) is 0 Å². The van der Waals surface area contributed by atoms with Crippen LogP contribution in [0, 0.1) is 16.0 Å². The number of nitro groups is 1. The van der Waals surface area contributed by atoms with Crippen LogP contribution in [0.2, 0.25) is 0 Å². The standard InChI is InChI=1S/C12H14BrN3O3/c13-10-4-3-8(16(18)19)5-9(10)12(17)15-6-11(14)7-1-2-7/h3-5,7,11H,1-2,6,14H2,(H,15,17). The van der Waals surface area contributed by atoms with E-state index < -0.39 is 4.92 Å². The molecule has 1 atom stereocenters. The minimum Gasteiger partial charge on any atom is -0.350 e. The minimum atomic E-state index is -0.529. The molecule has 0 aliphatic heterocycles. The topological polar surface area (TPSA) is 98.3 Å². The third-order valence-corrected chi connectivity index (χ3v) is 3.82. The van der Waals surface area contributed by atoms with Crippen LogP contribution in [0.1, 0.15) is 23.2 Å². The summed E-state index contributed by atoms with van der Waals surface area (Å²) >= 11 is 3.21. The van der Waals surface area contributed by atoms with Gasteiger partial charge in [-0.25, -0.2) is 0 Å². The molecule has 1 amide bonds.